The molecule has 1 heterocycles. The monoisotopic (exact) mass is 266 g/mol. The molecule has 0 aliphatic carbocycles. The van der Waals surface area contributed by atoms with Crippen LogP contribution in [0, 0.1) is 0 Å². The molecule has 1 aromatic heterocycles. The molecule has 5 heteroatoms. The zero-order valence-electron chi connectivity index (χ0n) is 10.6. The highest BCUT2D eigenvalue weighted by Gasteiger charge is 2.13. The van der Waals surface area contributed by atoms with Gasteiger partial charge in [-0.1, -0.05) is 42.8 Å². The fourth-order valence-electron chi connectivity index (χ4n) is 1.85. The first-order chi connectivity index (χ1) is 9.11. The zero-order valence-corrected chi connectivity index (χ0v) is 10.6. The second-order valence-electron chi connectivity index (χ2n) is 4.43. The molecule has 19 heavy (non-hydrogen) atoms. The van der Waals surface area contributed by atoms with E-state index >= 15 is 0 Å². The second kappa shape index (κ2) is 5.93. The number of hydrogen-bond donors (Lipinski definition) is 1. The molecule has 0 aliphatic rings. The van der Waals surface area contributed by atoms with Gasteiger partial charge in [0, 0.05) is 17.2 Å². The average molecular weight is 266 g/mol. The van der Waals surface area contributed by atoms with E-state index in [1.165, 1.54) is 12.1 Å². The molecule has 0 saturated heterocycles. The van der Waals surface area contributed by atoms with Gasteiger partial charge in [-0.3, -0.25) is 0 Å². The molecule has 0 aliphatic heterocycles. The molecule has 0 radical (unpaired) electrons. The molecule has 2 N–H and O–H groups in total. The van der Waals surface area contributed by atoms with Gasteiger partial charge in [0.1, 0.15) is 5.69 Å². The highest BCUT2D eigenvalue weighted by molar-refractivity contribution is 5.59. The normalized spacial score (nSPS) is 12.9. The lowest BCUT2D eigenvalue weighted by molar-refractivity contribution is 0.151. The van der Waals surface area contributed by atoms with Crippen LogP contribution in [0.4, 0.5) is 8.78 Å². The van der Waals surface area contributed by atoms with Gasteiger partial charge in [0.25, 0.3) is 6.43 Å². The van der Waals surface area contributed by atoms with E-state index in [2.05, 4.69) is 5.16 Å². The SMILES string of the molecule is CCCC(N)c1cc(-c2ccc(C(F)F)cc2)no1. The van der Waals surface area contributed by atoms with Crippen molar-refractivity contribution in [1.82, 2.24) is 5.16 Å². The third kappa shape index (κ3) is 3.17. The minimum atomic E-state index is -2.46. The van der Waals surface area contributed by atoms with E-state index in [1.807, 2.05) is 6.92 Å². The molecule has 0 saturated carbocycles. The first-order valence-electron chi connectivity index (χ1n) is 6.22. The topological polar surface area (TPSA) is 52.0 Å². The van der Waals surface area contributed by atoms with Gasteiger partial charge < -0.3 is 10.3 Å². The fourth-order valence-corrected chi connectivity index (χ4v) is 1.85. The van der Waals surface area contributed by atoms with Crippen molar-refractivity contribution >= 4 is 0 Å². The van der Waals surface area contributed by atoms with Gasteiger partial charge in [0.2, 0.25) is 0 Å². The molecular formula is C14H16F2N2O. The summed E-state index contributed by atoms with van der Waals surface area (Å²) in [5.41, 5.74) is 7.28. The lowest BCUT2D eigenvalue weighted by Gasteiger charge is -2.03. The Labute approximate surface area is 110 Å². The van der Waals surface area contributed by atoms with Gasteiger partial charge in [0.15, 0.2) is 5.76 Å². The van der Waals surface area contributed by atoms with Crippen LogP contribution in [-0.4, -0.2) is 5.16 Å². The molecule has 0 fully saturated rings. The van der Waals surface area contributed by atoms with E-state index in [9.17, 15) is 8.78 Å². The van der Waals surface area contributed by atoms with E-state index in [-0.39, 0.29) is 11.6 Å². The number of rotatable bonds is 5. The van der Waals surface area contributed by atoms with Crippen LogP contribution in [0.5, 0.6) is 0 Å². The molecule has 0 amide bonds. The highest BCUT2D eigenvalue weighted by atomic mass is 19.3. The summed E-state index contributed by atoms with van der Waals surface area (Å²) >= 11 is 0. The van der Waals surface area contributed by atoms with Gasteiger partial charge in [-0.15, -0.1) is 0 Å². The average Bonchev–Trinajstić information content (AvgIpc) is 2.89. The number of aromatic nitrogens is 1. The summed E-state index contributed by atoms with van der Waals surface area (Å²) in [6, 6.07) is 7.58. The van der Waals surface area contributed by atoms with Crippen molar-refractivity contribution in [2.45, 2.75) is 32.2 Å². The van der Waals surface area contributed by atoms with Crippen LogP contribution < -0.4 is 5.73 Å². The van der Waals surface area contributed by atoms with Gasteiger partial charge >= 0.3 is 0 Å². The summed E-state index contributed by atoms with van der Waals surface area (Å²) in [5, 5.41) is 3.92. The Morgan fingerprint density at radius 2 is 1.95 bits per heavy atom. The molecule has 2 aromatic rings. The number of benzene rings is 1. The molecular weight excluding hydrogens is 250 g/mol. The minimum Gasteiger partial charge on any atom is -0.359 e. The van der Waals surface area contributed by atoms with Crippen LogP contribution in [0.15, 0.2) is 34.9 Å². The lowest BCUT2D eigenvalue weighted by Crippen LogP contribution is -2.08. The van der Waals surface area contributed by atoms with Crippen LogP contribution in [0.1, 0.15) is 43.6 Å². The van der Waals surface area contributed by atoms with Crippen molar-refractivity contribution in [1.29, 1.82) is 0 Å². The molecule has 102 valence electrons. The summed E-state index contributed by atoms with van der Waals surface area (Å²) in [6.07, 6.45) is -0.681. The number of nitrogens with two attached hydrogens (primary N) is 1. The maximum absolute atomic E-state index is 12.4. The van der Waals surface area contributed by atoms with E-state index in [0.29, 0.717) is 11.5 Å². The molecule has 2 rings (SSSR count). The van der Waals surface area contributed by atoms with Gasteiger partial charge in [-0.25, -0.2) is 8.78 Å². The largest absolute Gasteiger partial charge is 0.359 e. The van der Waals surface area contributed by atoms with Crippen molar-refractivity contribution < 1.29 is 13.3 Å². The molecule has 1 atom stereocenters. The predicted octanol–water partition coefficient (Wildman–Crippen LogP) is 4.08. The van der Waals surface area contributed by atoms with Crippen LogP contribution in [-0.2, 0) is 0 Å². The van der Waals surface area contributed by atoms with Crippen molar-refractivity contribution in [2.24, 2.45) is 5.73 Å². The van der Waals surface area contributed by atoms with Crippen molar-refractivity contribution in [2.75, 3.05) is 0 Å². The zero-order chi connectivity index (χ0) is 13.8. The van der Waals surface area contributed by atoms with E-state index in [4.69, 9.17) is 10.3 Å². The van der Waals surface area contributed by atoms with Gasteiger partial charge in [-0.2, -0.15) is 0 Å². The van der Waals surface area contributed by atoms with Crippen LogP contribution in [0.25, 0.3) is 11.3 Å². The standard InChI is InChI=1S/C14H16F2N2O/c1-2-3-11(17)13-8-12(18-19-13)9-4-6-10(7-5-9)14(15)16/h4-8,11,14H,2-3,17H2,1H3. The fraction of sp³-hybridized carbons (Fsp3) is 0.357. The summed E-state index contributed by atoms with van der Waals surface area (Å²) in [4.78, 5) is 0. The molecule has 1 aromatic carbocycles. The predicted molar refractivity (Wildman–Crippen MR) is 68.7 cm³/mol. The first-order valence-corrected chi connectivity index (χ1v) is 6.22. The minimum absolute atomic E-state index is 0.00449. The lowest BCUT2D eigenvalue weighted by atomic mass is 10.1. The third-order valence-electron chi connectivity index (χ3n) is 2.95. The van der Waals surface area contributed by atoms with E-state index in [0.717, 1.165) is 18.4 Å². The maximum atomic E-state index is 12.4. The van der Waals surface area contributed by atoms with E-state index < -0.39 is 6.43 Å². The van der Waals surface area contributed by atoms with Gasteiger partial charge in [0.05, 0.1) is 6.04 Å². The molecule has 1 unspecified atom stereocenters. The third-order valence-corrected chi connectivity index (χ3v) is 2.95. The summed E-state index contributed by atoms with van der Waals surface area (Å²) in [6.45, 7) is 2.04. The van der Waals surface area contributed by atoms with Crippen molar-refractivity contribution in [3.63, 3.8) is 0 Å². The van der Waals surface area contributed by atoms with Crippen LogP contribution >= 0.6 is 0 Å². The highest BCUT2D eigenvalue weighted by Crippen LogP contribution is 2.26. The van der Waals surface area contributed by atoms with Crippen LogP contribution in [0.3, 0.4) is 0 Å². The maximum Gasteiger partial charge on any atom is 0.263 e. The number of alkyl halides is 2. The Balaban J connectivity index is 2.18. The van der Waals surface area contributed by atoms with Crippen molar-refractivity contribution in [3.8, 4) is 11.3 Å². The Bertz CT molecular complexity index is 522. The number of nitrogens with zero attached hydrogens (tertiary/aromatic N) is 1. The quantitative estimate of drug-likeness (QED) is 0.887. The Kier molecular flexibility index (Phi) is 4.27. The second-order valence-corrected chi connectivity index (χ2v) is 4.43. The van der Waals surface area contributed by atoms with Gasteiger partial charge in [-0.05, 0) is 6.42 Å². The Morgan fingerprint density at radius 1 is 1.26 bits per heavy atom. The summed E-state index contributed by atoms with van der Waals surface area (Å²) in [7, 11) is 0. The number of halogens is 2. The van der Waals surface area contributed by atoms with Crippen LogP contribution in [0.2, 0.25) is 0 Å². The molecule has 3 nitrogen and oxygen atoms in total. The summed E-state index contributed by atoms with van der Waals surface area (Å²) in [5.74, 6) is 0.620. The smallest absolute Gasteiger partial charge is 0.263 e. The Morgan fingerprint density at radius 3 is 2.53 bits per heavy atom. The molecule has 0 bridgehead atoms. The first kappa shape index (κ1) is 13.7. The Hall–Kier alpha value is -1.75. The summed E-state index contributed by atoms with van der Waals surface area (Å²) < 4.78 is 30.1. The number of hydrogen-bond acceptors (Lipinski definition) is 3. The molecule has 0 spiro atoms. The van der Waals surface area contributed by atoms with Crippen molar-refractivity contribution in [3.05, 3.63) is 41.7 Å². The van der Waals surface area contributed by atoms with E-state index in [1.54, 1.807) is 18.2 Å².